The summed E-state index contributed by atoms with van der Waals surface area (Å²) in [7, 11) is 1.87. The van der Waals surface area contributed by atoms with E-state index in [0.717, 1.165) is 30.2 Å². The van der Waals surface area contributed by atoms with Crippen LogP contribution in [0.15, 0.2) is 30.6 Å². The van der Waals surface area contributed by atoms with Gasteiger partial charge >= 0.3 is 6.03 Å². The molecule has 1 aliphatic carbocycles. The molecule has 0 spiro atoms. The van der Waals surface area contributed by atoms with Crippen molar-refractivity contribution in [1.29, 1.82) is 0 Å². The highest BCUT2D eigenvalue weighted by Crippen LogP contribution is 2.39. The summed E-state index contributed by atoms with van der Waals surface area (Å²) in [5.74, 6) is 1.31. The second kappa shape index (κ2) is 8.08. The van der Waals surface area contributed by atoms with Crippen LogP contribution >= 0.6 is 0 Å². The van der Waals surface area contributed by atoms with Gasteiger partial charge in [-0.05, 0) is 50.4 Å². The van der Waals surface area contributed by atoms with Crippen molar-refractivity contribution < 1.29 is 4.79 Å². The van der Waals surface area contributed by atoms with Gasteiger partial charge in [0.2, 0.25) is 0 Å². The number of likely N-dealkylation sites (tertiary alicyclic amines) is 1. The SMILES string of the molecule is Cn1nc(C2CC2)cc1NC(=O)NC[C@H](c1cccnc1)N1CCCCC1. The zero-order valence-corrected chi connectivity index (χ0v) is 15.9. The van der Waals surface area contributed by atoms with Crippen molar-refractivity contribution in [2.45, 2.75) is 44.1 Å². The number of hydrogen-bond acceptors (Lipinski definition) is 4. The second-order valence-electron chi connectivity index (χ2n) is 7.59. The Morgan fingerprint density at radius 3 is 2.81 bits per heavy atom. The van der Waals surface area contributed by atoms with Crippen molar-refractivity contribution in [1.82, 2.24) is 25.0 Å². The number of aromatic nitrogens is 3. The van der Waals surface area contributed by atoms with Crippen LogP contribution in [0.4, 0.5) is 10.6 Å². The third-order valence-electron chi connectivity index (χ3n) is 5.49. The maximum absolute atomic E-state index is 12.5. The lowest BCUT2D eigenvalue weighted by Crippen LogP contribution is -2.41. The maximum Gasteiger partial charge on any atom is 0.320 e. The molecule has 27 heavy (non-hydrogen) atoms. The molecule has 4 rings (SSSR count). The van der Waals surface area contributed by atoms with E-state index in [-0.39, 0.29) is 12.1 Å². The number of nitrogens with zero attached hydrogens (tertiary/aromatic N) is 4. The van der Waals surface area contributed by atoms with Gasteiger partial charge in [-0.3, -0.25) is 19.9 Å². The molecule has 0 unspecified atom stereocenters. The number of carbonyl (C=O) groups is 1. The number of aryl methyl sites for hydroxylation is 1. The van der Waals surface area contributed by atoms with Crippen LogP contribution in [0, 0.1) is 0 Å². The minimum absolute atomic E-state index is 0.151. The molecule has 2 aliphatic rings. The van der Waals surface area contributed by atoms with E-state index in [0.29, 0.717) is 12.5 Å². The van der Waals surface area contributed by atoms with Crippen molar-refractivity contribution in [3.05, 3.63) is 41.9 Å². The molecule has 0 aromatic carbocycles. The van der Waals surface area contributed by atoms with Crippen LogP contribution < -0.4 is 10.6 Å². The average Bonchev–Trinajstić information content (AvgIpc) is 3.48. The number of anilines is 1. The fraction of sp³-hybridized carbons (Fsp3) is 0.550. The number of rotatable bonds is 6. The molecule has 2 fully saturated rings. The number of pyridine rings is 1. The highest BCUT2D eigenvalue weighted by molar-refractivity contribution is 5.88. The summed E-state index contributed by atoms with van der Waals surface area (Å²) in [6.07, 6.45) is 9.80. The Kier molecular flexibility index (Phi) is 5.38. The molecule has 1 aliphatic heterocycles. The molecule has 7 nitrogen and oxygen atoms in total. The Morgan fingerprint density at radius 1 is 1.30 bits per heavy atom. The summed E-state index contributed by atoms with van der Waals surface area (Å²) >= 11 is 0. The predicted octanol–water partition coefficient (Wildman–Crippen LogP) is 3.04. The zero-order chi connectivity index (χ0) is 18.6. The Balaban J connectivity index is 1.38. The highest BCUT2D eigenvalue weighted by Gasteiger charge is 2.27. The van der Waals surface area contributed by atoms with Crippen LogP contribution in [-0.4, -0.2) is 45.3 Å². The van der Waals surface area contributed by atoms with E-state index < -0.39 is 0 Å². The number of hydrogen-bond donors (Lipinski definition) is 2. The molecule has 144 valence electrons. The summed E-state index contributed by atoms with van der Waals surface area (Å²) in [6, 6.07) is 6.00. The van der Waals surface area contributed by atoms with Crippen LogP contribution in [0.5, 0.6) is 0 Å². The van der Waals surface area contributed by atoms with E-state index in [1.807, 2.05) is 25.4 Å². The first-order valence-corrected chi connectivity index (χ1v) is 9.93. The second-order valence-corrected chi connectivity index (χ2v) is 7.59. The number of amides is 2. The smallest absolute Gasteiger partial charge is 0.320 e. The van der Waals surface area contributed by atoms with Crippen molar-refractivity contribution in [3.8, 4) is 0 Å². The lowest BCUT2D eigenvalue weighted by atomic mass is 10.0. The van der Waals surface area contributed by atoms with Gasteiger partial charge in [-0.1, -0.05) is 12.5 Å². The molecule has 1 saturated heterocycles. The Morgan fingerprint density at radius 2 is 2.11 bits per heavy atom. The topological polar surface area (TPSA) is 75.1 Å². The van der Waals surface area contributed by atoms with Crippen LogP contribution in [0.1, 0.15) is 55.3 Å². The molecule has 2 N–H and O–H groups in total. The van der Waals surface area contributed by atoms with Crippen molar-refractivity contribution in [2.24, 2.45) is 7.05 Å². The van der Waals surface area contributed by atoms with Crippen LogP contribution in [-0.2, 0) is 7.05 Å². The van der Waals surface area contributed by atoms with Gasteiger partial charge in [0.05, 0.1) is 11.7 Å². The van der Waals surface area contributed by atoms with Gasteiger partial charge in [0, 0.05) is 38.0 Å². The van der Waals surface area contributed by atoms with Gasteiger partial charge in [0.25, 0.3) is 0 Å². The lowest BCUT2D eigenvalue weighted by molar-refractivity contribution is 0.161. The molecular formula is C20H28N6O. The van der Waals surface area contributed by atoms with E-state index in [9.17, 15) is 4.79 Å². The standard InChI is InChI=1S/C20H28N6O/c1-25-19(12-17(24-25)15-7-8-15)23-20(27)22-14-18(16-6-5-9-21-13-16)26-10-3-2-4-11-26/h5-6,9,12-13,15,18H,2-4,7-8,10-11,14H2,1H3,(H2,22,23,27)/t18-/m1/s1. The van der Waals surface area contributed by atoms with E-state index in [1.54, 1.807) is 10.9 Å². The quantitative estimate of drug-likeness (QED) is 0.822. The monoisotopic (exact) mass is 368 g/mol. The Labute approximate surface area is 160 Å². The molecule has 7 heteroatoms. The number of urea groups is 1. The molecule has 3 heterocycles. The predicted molar refractivity (Wildman–Crippen MR) is 105 cm³/mol. The minimum Gasteiger partial charge on any atom is -0.336 e. The van der Waals surface area contributed by atoms with Gasteiger partial charge in [0.1, 0.15) is 5.82 Å². The Hall–Kier alpha value is -2.41. The maximum atomic E-state index is 12.5. The first-order chi connectivity index (χ1) is 13.2. The zero-order valence-electron chi connectivity index (χ0n) is 15.9. The first-order valence-electron chi connectivity index (χ1n) is 9.93. The fourth-order valence-electron chi connectivity index (χ4n) is 3.80. The number of piperidine rings is 1. The molecule has 2 aromatic rings. The first kappa shape index (κ1) is 18.0. The molecular weight excluding hydrogens is 340 g/mol. The minimum atomic E-state index is -0.189. The largest absolute Gasteiger partial charge is 0.336 e. The van der Waals surface area contributed by atoms with Gasteiger partial charge in [-0.2, -0.15) is 5.10 Å². The van der Waals surface area contributed by atoms with Gasteiger partial charge < -0.3 is 5.32 Å². The average molecular weight is 368 g/mol. The van der Waals surface area contributed by atoms with Crippen LogP contribution in [0.2, 0.25) is 0 Å². The molecule has 1 saturated carbocycles. The normalized spacial score (nSPS) is 18.9. The van der Waals surface area contributed by atoms with E-state index in [4.69, 9.17) is 0 Å². The molecule has 1 atom stereocenters. The Bertz CT molecular complexity index is 764. The number of carbonyl (C=O) groups excluding carboxylic acids is 1. The summed E-state index contributed by atoms with van der Waals surface area (Å²) in [4.78, 5) is 19.2. The summed E-state index contributed by atoms with van der Waals surface area (Å²) in [6.45, 7) is 2.69. The van der Waals surface area contributed by atoms with Gasteiger partial charge in [-0.15, -0.1) is 0 Å². The molecule has 0 radical (unpaired) electrons. The van der Waals surface area contributed by atoms with E-state index in [1.165, 1.54) is 32.1 Å². The third-order valence-corrected chi connectivity index (χ3v) is 5.49. The summed E-state index contributed by atoms with van der Waals surface area (Å²) in [5, 5.41) is 10.5. The highest BCUT2D eigenvalue weighted by atomic mass is 16.2. The molecule has 2 amide bonds. The van der Waals surface area contributed by atoms with Gasteiger partial charge in [-0.25, -0.2) is 4.79 Å². The summed E-state index contributed by atoms with van der Waals surface area (Å²) in [5.41, 5.74) is 2.23. The van der Waals surface area contributed by atoms with Crippen LogP contribution in [0.25, 0.3) is 0 Å². The summed E-state index contributed by atoms with van der Waals surface area (Å²) < 4.78 is 1.75. The van der Waals surface area contributed by atoms with E-state index in [2.05, 4.69) is 31.7 Å². The van der Waals surface area contributed by atoms with Gasteiger partial charge in [0.15, 0.2) is 0 Å². The van der Waals surface area contributed by atoms with Crippen molar-refractivity contribution in [3.63, 3.8) is 0 Å². The molecule has 2 aromatic heterocycles. The van der Waals surface area contributed by atoms with Crippen molar-refractivity contribution >= 4 is 11.8 Å². The molecule has 0 bridgehead atoms. The number of nitrogens with one attached hydrogen (secondary N) is 2. The van der Waals surface area contributed by atoms with Crippen LogP contribution in [0.3, 0.4) is 0 Å². The lowest BCUT2D eigenvalue weighted by Gasteiger charge is -2.34. The third kappa shape index (κ3) is 4.47. The van der Waals surface area contributed by atoms with Crippen molar-refractivity contribution in [2.75, 3.05) is 25.0 Å². The van der Waals surface area contributed by atoms with E-state index >= 15 is 0 Å². The fourth-order valence-corrected chi connectivity index (χ4v) is 3.80.